The molecule has 0 aliphatic carbocycles. The first kappa shape index (κ1) is 17.8. The lowest BCUT2D eigenvalue weighted by atomic mass is 9.85. The van der Waals surface area contributed by atoms with E-state index in [2.05, 4.69) is 19.2 Å². The fourth-order valence-electron chi connectivity index (χ4n) is 1.92. The van der Waals surface area contributed by atoms with Gasteiger partial charge in [0.2, 0.25) is 0 Å². The standard InChI is InChI=1S/C16H25ClN2O2/c1-12(20)9-10-19(4)15(21)18-11-16(2,3)13-5-7-14(17)8-6-13/h5-8,12,20H,9-11H2,1-4H3,(H,18,21). The first-order chi connectivity index (χ1) is 9.72. The van der Waals surface area contributed by atoms with Gasteiger partial charge in [0, 0.05) is 30.6 Å². The van der Waals surface area contributed by atoms with E-state index in [0.717, 1.165) is 5.56 Å². The van der Waals surface area contributed by atoms with Crippen LogP contribution in [0.5, 0.6) is 0 Å². The minimum atomic E-state index is -0.397. The molecule has 0 saturated carbocycles. The summed E-state index contributed by atoms with van der Waals surface area (Å²) in [5.74, 6) is 0. The Balaban J connectivity index is 2.52. The second kappa shape index (κ2) is 7.66. The number of aliphatic hydroxyl groups is 1. The molecule has 0 radical (unpaired) electrons. The van der Waals surface area contributed by atoms with E-state index in [1.54, 1.807) is 18.9 Å². The lowest BCUT2D eigenvalue weighted by molar-refractivity contribution is 0.163. The molecule has 4 nitrogen and oxygen atoms in total. The van der Waals surface area contributed by atoms with Gasteiger partial charge in [0.25, 0.3) is 0 Å². The summed E-state index contributed by atoms with van der Waals surface area (Å²) >= 11 is 5.89. The Morgan fingerprint density at radius 3 is 2.48 bits per heavy atom. The number of nitrogens with zero attached hydrogens (tertiary/aromatic N) is 1. The molecular formula is C16H25ClN2O2. The zero-order chi connectivity index (χ0) is 16.0. The molecule has 0 saturated heterocycles. The van der Waals surface area contributed by atoms with E-state index in [1.165, 1.54) is 0 Å². The van der Waals surface area contributed by atoms with Crippen LogP contribution in [0.2, 0.25) is 5.02 Å². The monoisotopic (exact) mass is 312 g/mol. The van der Waals surface area contributed by atoms with Gasteiger partial charge in [-0.25, -0.2) is 4.79 Å². The van der Waals surface area contributed by atoms with Gasteiger partial charge in [-0.1, -0.05) is 37.6 Å². The van der Waals surface area contributed by atoms with Gasteiger partial charge in [0.1, 0.15) is 0 Å². The van der Waals surface area contributed by atoms with E-state index in [9.17, 15) is 9.90 Å². The van der Waals surface area contributed by atoms with Gasteiger partial charge in [-0.2, -0.15) is 0 Å². The molecule has 1 rings (SSSR count). The van der Waals surface area contributed by atoms with Crippen LogP contribution in [0, 0.1) is 0 Å². The van der Waals surface area contributed by atoms with Gasteiger partial charge in [-0.3, -0.25) is 0 Å². The lowest BCUT2D eigenvalue weighted by Crippen LogP contribution is -2.43. The quantitative estimate of drug-likeness (QED) is 0.848. The molecule has 2 amide bonds. The second-order valence-corrected chi connectivity index (χ2v) is 6.55. The number of carbonyl (C=O) groups is 1. The van der Waals surface area contributed by atoms with Crippen molar-refractivity contribution in [1.29, 1.82) is 0 Å². The molecule has 0 bridgehead atoms. The molecule has 0 aliphatic rings. The minimum absolute atomic E-state index is 0.127. The van der Waals surface area contributed by atoms with Crippen molar-refractivity contribution in [3.8, 4) is 0 Å². The van der Waals surface area contributed by atoms with E-state index in [-0.39, 0.29) is 11.4 Å². The van der Waals surface area contributed by atoms with Crippen molar-refractivity contribution in [2.75, 3.05) is 20.1 Å². The molecule has 0 heterocycles. The first-order valence-corrected chi connectivity index (χ1v) is 7.53. The summed E-state index contributed by atoms with van der Waals surface area (Å²) in [5, 5.41) is 12.9. The predicted octanol–water partition coefficient (Wildman–Crippen LogP) is 3.03. The summed E-state index contributed by atoms with van der Waals surface area (Å²) in [4.78, 5) is 13.6. The highest BCUT2D eigenvalue weighted by Gasteiger charge is 2.22. The molecule has 5 heteroatoms. The maximum absolute atomic E-state index is 12.0. The maximum atomic E-state index is 12.0. The van der Waals surface area contributed by atoms with Gasteiger partial charge >= 0.3 is 6.03 Å². The average Bonchev–Trinajstić information content (AvgIpc) is 2.42. The minimum Gasteiger partial charge on any atom is -0.393 e. The molecular weight excluding hydrogens is 288 g/mol. The molecule has 0 aliphatic heterocycles. The molecule has 1 unspecified atom stereocenters. The van der Waals surface area contributed by atoms with Crippen LogP contribution in [0.25, 0.3) is 0 Å². The largest absolute Gasteiger partial charge is 0.393 e. The van der Waals surface area contributed by atoms with Crippen LogP contribution in [0.4, 0.5) is 4.79 Å². The van der Waals surface area contributed by atoms with E-state index < -0.39 is 6.10 Å². The molecule has 118 valence electrons. The summed E-state index contributed by atoms with van der Waals surface area (Å²) in [5.41, 5.74) is 0.949. The highest BCUT2D eigenvalue weighted by molar-refractivity contribution is 6.30. The van der Waals surface area contributed by atoms with Crippen LogP contribution < -0.4 is 5.32 Å². The number of benzene rings is 1. The summed E-state index contributed by atoms with van der Waals surface area (Å²) in [6, 6.07) is 7.54. The topological polar surface area (TPSA) is 52.6 Å². The number of hydrogen-bond donors (Lipinski definition) is 2. The third-order valence-electron chi connectivity index (χ3n) is 3.54. The Morgan fingerprint density at radius 1 is 1.38 bits per heavy atom. The molecule has 0 fully saturated rings. The Kier molecular flexibility index (Phi) is 6.49. The van der Waals surface area contributed by atoms with Crippen LogP contribution in [0.3, 0.4) is 0 Å². The number of hydrogen-bond acceptors (Lipinski definition) is 2. The Morgan fingerprint density at radius 2 is 1.95 bits per heavy atom. The molecule has 1 aromatic carbocycles. The van der Waals surface area contributed by atoms with E-state index in [1.807, 2.05) is 24.3 Å². The molecule has 0 spiro atoms. The predicted molar refractivity (Wildman–Crippen MR) is 86.8 cm³/mol. The maximum Gasteiger partial charge on any atom is 0.317 e. The SMILES string of the molecule is CC(O)CCN(C)C(=O)NCC(C)(C)c1ccc(Cl)cc1. The fourth-order valence-corrected chi connectivity index (χ4v) is 2.04. The number of carbonyl (C=O) groups excluding carboxylic acids is 1. The van der Waals surface area contributed by atoms with Crippen LogP contribution in [0.1, 0.15) is 32.8 Å². The zero-order valence-electron chi connectivity index (χ0n) is 13.2. The van der Waals surface area contributed by atoms with Gasteiger partial charge in [-0.15, -0.1) is 0 Å². The van der Waals surface area contributed by atoms with Crippen LogP contribution >= 0.6 is 11.6 Å². The number of halogens is 1. The van der Waals surface area contributed by atoms with Crippen molar-refractivity contribution < 1.29 is 9.90 Å². The van der Waals surface area contributed by atoms with Gasteiger partial charge in [0.15, 0.2) is 0 Å². The second-order valence-electron chi connectivity index (χ2n) is 6.11. The number of amides is 2. The van der Waals surface area contributed by atoms with Crippen molar-refractivity contribution in [1.82, 2.24) is 10.2 Å². The Hall–Kier alpha value is -1.26. The third kappa shape index (κ3) is 5.94. The number of urea groups is 1. The van der Waals surface area contributed by atoms with Crippen molar-refractivity contribution >= 4 is 17.6 Å². The van der Waals surface area contributed by atoms with Crippen LogP contribution in [-0.4, -0.2) is 42.3 Å². The van der Waals surface area contributed by atoms with Crippen molar-refractivity contribution in [2.24, 2.45) is 0 Å². The van der Waals surface area contributed by atoms with Gasteiger partial charge < -0.3 is 15.3 Å². The van der Waals surface area contributed by atoms with Gasteiger partial charge in [-0.05, 0) is 31.0 Å². The number of nitrogens with one attached hydrogen (secondary N) is 1. The lowest BCUT2D eigenvalue weighted by Gasteiger charge is -2.27. The Bertz CT molecular complexity index is 458. The summed E-state index contributed by atoms with van der Waals surface area (Å²) in [7, 11) is 1.73. The van der Waals surface area contributed by atoms with Crippen LogP contribution in [-0.2, 0) is 5.41 Å². The molecule has 21 heavy (non-hydrogen) atoms. The van der Waals surface area contributed by atoms with Crippen molar-refractivity contribution in [3.63, 3.8) is 0 Å². The van der Waals surface area contributed by atoms with Crippen molar-refractivity contribution in [2.45, 2.75) is 38.7 Å². The van der Waals surface area contributed by atoms with Crippen LogP contribution in [0.15, 0.2) is 24.3 Å². The van der Waals surface area contributed by atoms with Gasteiger partial charge in [0.05, 0.1) is 6.10 Å². The molecule has 1 aromatic rings. The van der Waals surface area contributed by atoms with Crippen molar-refractivity contribution in [3.05, 3.63) is 34.9 Å². The fraction of sp³-hybridized carbons (Fsp3) is 0.562. The van der Waals surface area contributed by atoms with E-state index in [4.69, 9.17) is 11.6 Å². The summed E-state index contributed by atoms with van der Waals surface area (Å²) in [6.07, 6.45) is 0.176. The molecule has 1 atom stereocenters. The molecule has 2 N–H and O–H groups in total. The summed E-state index contributed by atoms with van der Waals surface area (Å²) in [6.45, 7) is 6.94. The van der Waals surface area contributed by atoms with E-state index in [0.29, 0.717) is 24.5 Å². The summed E-state index contributed by atoms with van der Waals surface area (Å²) < 4.78 is 0. The Labute approximate surface area is 132 Å². The molecule has 0 aromatic heterocycles. The highest BCUT2D eigenvalue weighted by atomic mass is 35.5. The smallest absolute Gasteiger partial charge is 0.317 e. The van der Waals surface area contributed by atoms with E-state index >= 15 is 0 Å². The third-order valence-corrected chi connectivity index (χ3v) is 3.79. The number of aliphatic hydroxyl groups excluding tert-OH is 1. The number of rotatable bonds is 6. The first-order valence-electron chi connectivity index (χ1n) is 7.15. The zero-order valence-corrected chi connectivity index (χ0v) is 13.9. The normalized spacial score (nSPS) is 12.9. The average molecular weight is 313 g/mol. The highest BCUT2D eigenvalue weighted by Crippen LogP contribution is 2.23.